The van der Waals surface area contributed by atoms with Gasteiger partial charge in [-0.05, 0) is 49.3 Å². The first-order valence-corrected chi connectivity index (χ1v) is 6.70. The Hall–Kier alpha value is -1.71. The molecule has 102 valence electrons. The van der Waals surface area contributed by atoms with Crippen LogP contribution >= 0.6 is 0 Å². The molecule has 3 rings (SSSR count). The molecule has 2 saturated carbocycles. The van der Waals surface area contributed by atoms with E-state index >= 15 is 0 Å². The molecule has 2 aliphatic rings. The van der Waals surface area contributed by atoms with Crippen molar-refractivity contribution < 1.29 is 19.4 Å². The summed E-state index contributed by atoms with van der Waals surface area (Å²) < 4.78 is 10.5. The highest BCUT2D eigenvalue weighted by Crippen LogP contribution is 2.50. The third-order valence-electron chi connectivity index (χ3n) is 4.01. The Bertz CT molecular complexity index is 501. The standard InChI is InChI=1S/C15H18O4/c1-18-14(17)15(6-7-15)11-4-5-12(16)13(8-11)19-9-10-2-3-10/h4-5,8,10,16H,2-3,6-7,9H2,1H3. The quantitative estimate of drug-likeness (QED) is 0.828. The molecule has 2 aliphatic carbocycles. The highest BCUT2D eigenvalue weighted by Gasteiger charge is 2.52. The molecule has 0 atom stereocenters. The van der Waals surface area contributed by atoms with Gasteiger partial charge in [-0.25, -0.2) is 0 Å². The van der Waals surface area contributed by atoms with E-state index in [9.17, 15) is 9.90 Å². The van der Waals surface area contributed by atoms with Gasteiger partial charge in [0.2, 0.25) is 0 Å². The topological polar surface area (TPSA) is 55.8 Å². The van der Waals surface area contributed by atoms with Gasteiger partial charge >= 0.3 is 5.97 Å². The van der Waals surface area contributed by atoms with Crippen molar-refractivity contribution in [2.24, 2.45) is 5.92 Å². The van der Waals surface area contributed by atoms with Gasteiger partial charge in [0.05, 0.1) is 19.1 Å². The number of ether oxygens (including phenoxy) is 2. The van der Waals surface area contributed by atoms with E-state index < -0.39 is 5.41 Å². The first-order chi connectivity index (χ1) is 9.15. The number of aromatic hydroxyl groups is 1. The second kappa shape index (κ2) is 4.44. The molecule has 0 unspecified atom stereocenters. The van der Waals surface area contributed by atoms with Crippen molar-refractivity contribution in [3.63, 3.8) is 0 Å². The molecule has 2 fully saturated rings. The summed E-state index contributed by atoms with van der Waals surface area (Å²) in [6.45, 7) is 0.641. The number of benzene rings is 1. The number of rotatable bonds is 5. The van der Waals surface area contributed by atoms with Crippen LogP contribution in [0.15, 0.2) is 18.2 Å². The van der Waals surface area contributed by atoms with Gasteiger partial charge in [0.1, 0.15) is 0 Å². The summed E-state index contributed by atoms with van der Waals surface area (Å²) in [4.78, 5) is 11.8. The van der Waals surface area contributed by atoms with Crippen molar-refractivity contribution in [2.45, 2.75) is 31.1 Å². The van der Waals surface area contributed by atoms with Gasteiger partial charge in [0.15, 0.2) is 11.5 Å². The molecule has 0 bridgehead atoms. The van der Waals surface area contributed by atoms with Gasteiger partial charge in [-0.15, -0.1) is 0 Å². The third kappa shape index (κ3) is 2.27. The van der Waals surface area contributed by atoms with E-state index in [0.717, 1.165) is 18.4 Å². The van der Waals surface area contributed by atoms with E-state index in [0.29, 0.717) is 18.3 Å². The minimum atomic E-state index is -0.514. The van der Waals surface area contributed by atoms with Crippen LogP contribution in [0.3, 0.4) is 0 Å². The average molecular weight is 262 g/mol. The predicted octanol–water partition coefficient (Wildman–Crippen LogP) is 2.39. The van der Waals surface area contributed by atoms with Crippen molar-refractivity contribution in [2.75, 3.05) is 13.7 Å². The van der Waals surface area contributed by atoms with Crippen molar-refractivity contribution in [1.29, 1.82) is 0 Å². The van der Waals surface area contributed by atoms with Crippen LogP contribution in [0.25, 0.3) is 0 Å². The van der Waals surface area contributed by atoms with E-state index in [1.807, 2.05) is 0 Å². The van der Waals surface area contributed by atoms with Crippen LogP contribution in [0.5, 0.6) is 11.5 Å². The average Bonchev–Trinajstić information content (AvgIpc) is 3.29. The molecule has 1 aromatic rings. The van der Waals surface area contributed by atoms with Crippen LogP contribution in [0.2, 0.25) is 0 Å². The fourth-order valence-corrected chi connectivity index (χ4v) is 2.35. The molecule has 0 amide bonds. The second-order valence-corrected chi connectivity index (χ2v) is 5.51. The normalized spacial score (nSPS) is 19.8. The van der Waals surface area contributed by atoms with Gasteiger partial charge in [-0.1, -0.05) is 6.07 Å². The fraction of sp³-hybridized carbons (Fsp3) is 0.533. The Morgan fingerprint density at radius 3 is 2.74 bits per heavy atom. The number of phenols is 1. The fourth-order valence-electron chi connectivity index (χ4n) is 2.35. The van der Waals surface area contributed by atoms with E-state index in [1.54, 1.807) is 18.2 Å². The molecule has 0 radical (unpaired) electrons. The number of hydrogen-bond acceptors (Lipinski definition) is 4. The highest BCUT2D eigenvalue weighted by atomic mass is 16.5. The van der Waals surface area contributed by atoms with Crippen LogP contribution in [0.4, 0.5) is 0 Å². The zero-order valence-corrected chi connectivity index (χ0v) is 11.0. The number of hydrogen-bond donors (Lipinski definition) is 1. The Balaban J connectivity index is 1.82. The maximum absolute atomic E-state index is 11.8. The SMILES string of the molecule is COC(=O)C1(c2ccc(O)c(OCC3CC3)c2)CC1. The number of carbonyl (C=O) groups excluding carboxylic acids is 1. The molecule has 4 nitrogen and oxygen atoms in total. The lowest BCUT2D eigenvalue weighted by molar-refractivity contribution is -0.143. The predicted molar refractivity (Wildman–Crippen MR) is 69.3 cm³/mol. The molecule has 0 heterocycles. The summed E-state index contributed by atoms with van der Waals surface area (Å²) in [6.07, 6.45) is 4.00. The largest absolute Gasteiger partial charge is 0.504 e. The highest BCUT2D eigenvalue weighted by molar-refractivity contribution is 5.86. The third-order valence-corrected chi connectivity index (χ3v) is 4.01. The van der Waals surface area contributed by atoms with Gasteiger partial charge in [0.25, 0.3) is 0 Å². The van der Waals surface area contributed by atoms with Crippen LogP contribution < -0.4 is 4.74 Å². The van der Waals surface area contributed by atoms with Gasteiger partial charge < -0.3 is 14.6 Å². The minimum Gasteiger partial charge on any atom is -0.504 e. The lowest BCUT2D eigenvalue weighted by Crippen LogP contribution is -2.21. The molecule has 0 aliphatic heterocycles. The van der Waals surface area contributed by atoms with E-state index in [-0.39, 0.29) is 11.7 Å². The maximum atomic E-state index is 11.8. The van der Waals surface area contributed by atoms with Crippen LogP contribution in [0.1, 0.15) is 31.2 Å². The summed E-state index contributed by atoms with van der Waals surface area (Å²) in [5.41, 5.74) is 0.364. The zero-order valence-electron chi connectivity index (χ0n) is 11.0. The first-order valence-electron chi connectivity index (χ1n) is 6.70. The van der Waals surface area contributed by atoms with E-state index in [1.165, 1.54) is 20.0 Å². The zero-order chi connectivity index (χ0) is 13.5. The van der Waals surface area contributed by atoms with Crippen LogP contribution in [-0.2, 0) is 14.9 Å². The maximum Gasteiger partial charge on any atom is 0.316 e. The summed E-state index contributed by atoms with van der Waals surface area (Å²) in [5.74, 6) is 1.02. The van der Waals surface area contributed by atoms with Crippen molar-refractivity contribution in [1.82, 2.24) is 0 Å². The number of esters is 1. The summed E-state index contributed by atoms with van der Waals surface area (Å²) in [6, 6.07) is 5.16. The summed E-state index contributed by atoms with van der Waals surface area (Å²) in [7, 11) is 1.41. The van der Waals surface area contributed by atoms with Crippen molar-refractivity contribution in [3.8, 4) is 11.5 Å². The Labute approximate surface area is 112 Å². The smallest absolute Gasteiger partial charge is 0.316 e. The first kappa shape index (κ1) is 12.3. The molecule has 4 heteroatoms. The number of carbonyl (C=O) groups is 1. The van der Waals surface area contributed by atoms with Crippen LogP contribution in [0, 0.1) is 5.92 Å². The number of methoxy groups -OCH3 is 1. The van der Waals surface area contributed by atoms with E-state index in [4.69, 9.17) is 9.47 Å². The van der Waals surface area contributed by atoms with Crippen molar-refractivity contribution >= 4 is 5.97 Å². The lowest BCUT2D eigenvalue weighted by Gasteiger charge is -2.15. The van der Waals surface area contributed by atoms with Gasteiger partial charge in [-0.2, -0.15) is 0 Å². The second-order valence-electron chi connectivity index (χ2n) is 5.51. The molecule has 0 aromatic heterocycles. The summed E-state index contributed by atoms with van der Waals surface area (Å²) in [5, 5.41) is 9.81. The van der Waals surface area contributed by atoms with E-state index in [2.05, 4.69) is 0 Å². The Morgan fingerprint density at radius 1 is 1.42 bits per heavy atom. The summed E-state index contributed by atoms with van der Waals surface area (Å²) >= 11 is 0. The molecular formula is C15H18O4. The molecular weight excluding hydrogens is 244 g/mol. The molecule has 1 N–H and O–H groups in total. The molecule has 0 spiro atoms. The lowest BCUT2D eigenvalue weighted by atomic mass is 9.96. The number of phenolic OH excluding ortho intramolecular Hbond substituents is 1. The molecule has 0 saturated heterocycles. The minimum absolute atomic E-state index is 0.130. The monoisotopic (exact) mass is 262 g/mol. The van der Waals surface area contributed by atoms with Crippen molar-refractivity contribution in [3.05, 3.63) is 23.8 Å². The molecule has 19 heavy (non-hydrogen) atoms. The Morgan fingerprint density at radius 2 is 2.16 bits per heavy atom. The van der Waals surface area contributed by atoms with Gasteiger partial charge in [0, 0.05) is 0 Å². The Kier molecular flexibility index (Phi) is 2.88. The van der Waals surface area contributed by atoms with Gasteiger partial charge in [-0.3, -0.25) is 4.79 Å². The molecule has 1 aromatic carbocycles. The van der Waals surface area contributed by atoms with Crippen LogP contribution in [-0.4, -0.2) is 24.8 Å².